The molecule has 1 saturated heterocycles. The Kier molecular flexibility index (Phi) is 4.39. The third-order valence-electron chi connectivity index (χ3n) is 3.30. The molecule has 1 rings (SSSR count). The Morgan fingerprint density at radius 3 is 2.57 bits per heavy atom. The van der Waals surface area contributed by atoms with Gasteiger partial charge >= 0.3 is 5.97 Å². The van der Waals surface area contributed by atoms with E-state index in [4.69, 9.17) is 4.74 Å². The molecule has 0 aromatic rings. The first-order valence-electron chi connectivity index (χ1n) is 5.47. The SMILES string of the molecule is CCC(CC(C)C1CNC1)C(=O)OC. The highest BCUT2D eigenvalue weighted by Gasteiger charge is 2.28. The average molecular weight is 199 g/mol. The molecular weight excluding hydrogens is 178 g/mol. The van der Waals surface area contributed by atoms with Gasteiger partial charge in [-0.3, -0.25) is 4.79 Å². The molecule has 0 spiro atoms. The molecule has 2 atom stereocenters. The number of nitrogens with one attached hydrogen (secondary N) is 1. The molecule has 2 unspecified atom stereocenters. The summed E-state index contributed by atoms with van der Waals surface area (Å²) in [5.41, 5.74) is 0. The molecule has 1 aliphatic heterocycles. The maximum atomic E-state index is 11.4. The van der Waals surface area contributed by atoms with Crippen molar-refractivity contribution in [2.24, 2.45) is 17.8 Å². The van der Waals surface area contributed by atoms with E-state index in [1.54, 1.807) is 0 Å². The summed E-state index contributed by atoms with van der Waals surface area (Å²) in [6.07, 6.45) is 1.85. The van der Waals surface area contributed by atoms with Crippen LogP contribution in [0, 0.1) is 17.8 Å². The normalized spacial score (nSPS) is 21.1. The number of rotatable bonds is 5. The Bertz CT molecular complexity index is 190. The van der Waals surface area contributed by atoms with Crippen molar-refractivity contribution >= 4 is 5.97 Å². The molecule has 0 saturated carbocycles. The van der Waals surface area contributed by atoms with Gasteiger partial charge in [0.1, 0.15) is 0 Å². The van der Waals surface area contributed by atoms with E-state index in [-0.39, 0.29) is 11.9 Å². The predicted octanol–water partition coefficient (Wildman–Crippen LogP) is 1.43. The quantitative estimate of drug-likeness (QED) is 0.681. The van der Waals surface area contributed by atoms with Crippen LogP contribution in [0.1, 0.15) is 26.7 Å². The maximum absolute atomic E-state index is 11.4. The van der Waals surface area contributed by atoms with Crippen LogP contribution in [0.5, 0.6) is 0 Å². The van der Waals surface area contributed by atoms with Crippen molar-refractivity contribution in [2.45, 2.75) is 26.7 Å². The molecule has 3 heteroatoms. The van der Waals surface area contributed by atoms with Crippen LogP contribution in [0.15, 0.2) is 0 Å². The highest BCUT2D eigenvalue weighted by molar-refractivity contribution is 5.72. The molecule has 0 amide bonds. The highest BCUT2D eigenvalue weighted by atomic mass is 16.5. The summed E-state index contributed by atoms with van der Waals surface area (Å²) >= 11 is 0. The second kappa shape index (κ2) is 5.35. The van der Waals surface area contributed by atoms with Crippen molar-refractivity contribution in [3.8, 4) is 0 Å². The number of hydrogen-bond donors (Lipinski definition) is 1. The molecule has 1 heterocycles. The zero-order valence-electron chi connectivity index (χ0n) is 9.38. The topological polar surface area (TPSA) is 38.3 Å². The highest BCUT2D eigenvalue weighted by Crippen LogP contribution is 2.25. The van der Waals surface area contributed by atoms with Crippen molar-refractivity contribution in [1.29, 1.82) is 0 Å². The van der Waals surface area contributed by atoms with Gasteiger partial charge < -0.3 is 10.1 Å². The zero-order chi connectivity index (χ0) is 10.6. The monoisotopic (exact) mass is 199 g/mol. The minimum Gasteiger partial charge on any atom is -0.469 e. The van der Waals surface area contributed by atoms with E-state index >= 15 is 0 Å². The lowest BCUT2D eigenvalue weighted by Gasteiger charge is -2.33. The largest absolute Gasteiger partial charge is 0.469 e. The third-order valence-corrected chi connectivity index (χ3v) is 3.30. The fourth-order valence-corrected chi connectivity index (χ4v) is 1.95. The molecule has 0 aromatic carbocycles. The Morgan fingerprint density at radius 2 is 2.21 bits per heavy atom. The summed E-state index contributed by atoms with van der Waals surface area (Å²) in [6.45, 7) is 6.50. The lowest BCUT2D eigenvalue weighted by Crippen LogP contribution is -2.46. The Morgan fingerprint density at radius 1 is 1.57 bits per heavy atom. The average Bonchev–Trinajstić information content (AvgIpc) is 2.10. The van der Waals surface area contributed by atoms with Crippen LogP contribution in [0.25, 0.3) is 0 Å². The van der Waals surface area contributed by atoms with Crippen molar-refractivity contribution in [1.82, 2.24) is 5.32 Å². The molecule has 0 radical (unpaired) electrons. The summed E-state index contributed by atoms with van der Waals surface area (Å²) in [5.74, 6) is 1.43. The van der Waals surface area contributed by atoms with E-state index in [0.29, 0.717) is 5.92 Å². The van der Waals surface area contributed by atoms with Crippen LogP contribution >= 0.6 is 0 Å². The Balaban J connectivity index is 2.34. The molecule has 14 heavy (non-hydrogen) atoms. The number of esters is 1. The van der Waals surface area contributed by atoms with Crippen LogP contribution in [0.3, 0.4) is 0 Å². The van der Waals surface area contributed by atoms with Gasteiger partial charge in [-0.05, 0) is 37.8 Å². The van der Waals surface area contributed by atoms with Gasteiger partial charge in [-0.15, -0.1) is 0 Å². The summed E-state index contributed by atoms with van der Waals surface area (Å²) in [6, 6.07) is 0. The smallest absolute Gasteiger partial charge is 0.308 e. The van der Waals surface area contributed by atoms with E-state index in [1.165, 1.54) is 7.11 Å². The fraction of sp³-hybridized carbons (Fsp3) is 0.909. The molecule has 0 aromatic heterocycles. The van der Waals surface area contributed by atoms with Gasteiger partial charge in [0.05, 0.1) is 13.0 Å². The lowest BCUT2D eigenvalue weighted by molar-refractivity contribution is -0.146. The molecule has 82 valence electrons. The molecular formula is C11H21NO2. The van der Waals surface area contributed by atoms with Crippen molar-refractivity contribution in [2.75, 3.05) is 20.2 Å². The molecule has 1 fully saturated rings. The van der Waals surface area contributed by atoms with Crippen LogP contribution in [-0.4, -0.2) is 26.2 Å². The first kappa shape index (κ1) is 11.5. The summed E-state index contributed by atoms with van der Waals surface area (Å²) in [5, 5.41) is 3.26. The van der Waals surface area contributed by atoms with Crippen molar-refractivity contribution in [3.05, 3.63) is 0 Å². The van der Waals surface area contributed by atoms with Gasteiger partial charge in [0.15, 0.2) is 0 Å². The fourth-order valence-electron chi connectivity index (χ4n) is 1.95. The van der Waals surface area contributed by atoms with E-state index < -0.39 is 0 Å². The summed E-state index contributed by atoms with van der Waals surface area (Å²) in [7, 11) is 1.47. The van der Waals surface area contributed by atoms with Gasteiger partial charge in [0.2, 0.25) is 0 Å². The van der Waals surface area contributed by atoms with Crippen LogP contribution in [0.2, 0.25) is 0 Å². The first-order chi connectivity index (χ1) is 6.69. The van der Waals surface area contributed by atoms with E-state index in [1.807, 2.05) is 6.92 Å². The van der Waals surface area contributed by atoms with Gasteiger partial charge in [0, 0.05) is 0 Å². The van der Waals surface area contributed by atoms with Gasteiger partial charge in [-0.25, -0.2) is 0 Å². The predicted molar refractivity (Wildman–Crippen MR) is 55.9 cm³/mol. The second-order valence-corrected chi connectivity index (χ2v) is 4.26. The number of hydrogen-bond acceptors (Lipinski definition) is 3. The van der Waals surface area contributed by atoms with E-state index in [9.17, 15) is 4.79 Å². The Hall–Kier alpha value is -0.570. The number of ether oxygens (including phenoxy) is 1. The first-order valence-corrected chi connectivity index (χ1v) is 5.47. The van der Waals surface area contributed by atoms with Crippen molar-refractivity contribution in [3.63, 3.8) is 0 Å². The Labute approximate surface area is 86.2 Å². The molecule has 0 bridgehead atoms. The van der Waals surface area contributed by atoms with Crippen molar-refractivity contribution < 1.29 is 9.53 Å². The summed E-state index contributed by atoms with van der Waals surface area (Å²) < 4.78 is 4.78. The maximum Gasteiger partial charge on any atom is 0.308 e. The molecule has 0 aliphatic carbocycles. The van der Waals surface area contributed by atoms with E-state index in [2.05, 4.69) is 12.2 Å². The van der Waals surface area contributed by atoms with Gasteiger partial charge in [-0.2, -0.15) is 0 Å². The number of carbonyl (C=O) groups excluding carboxylic acids is 1. The minimum absolute atomic E-state index is 0.0494. The second-order valence-electron chi connectivity index (χ2n) is 4.26. The zero-order valence-corrected chi connectivity index (χ0v) is 9.38. The standard InChI is InChI=1S/C11H21NO2/c1-4-9(11(13)14-3)5-8(2)10-6-12-7-10/h8-10,12H,4-7H2,1-3H3. The minimum atomic E-state index is -0.0494. The van der Waals surface area contributed by atoms with E-state index in [0.717, 1.165) is 31.8 Å². The summed E-state index contributed by atoms with van der Waals surface area (Å²) in [4.78, 5) is 11.4. The van der Waals surface area contributed by atoms with Crippen LogP contribution in [0.4, 0.5) is 0 Å². The number of methoxy groups -OCH3 is 1. The van der Waals surface area contributed by atoms with Crippen LogP contribution < -0.4 is 5.32 Å². The van der Waals surface area contributed by atoms with Gasteiger partial charge in [0.25, 0.3) is 0 Å². The van der Waals surface area contributed by atoms with Crippen LogP contribution in [-0.2, 0) is 9.53 Å². The lowest BCUT2D eigenvalue weighted by atomic mass is 9.82. The number of carbonyl (C=O) groups is 1. The van der Waals surface area contributed by atoms with Gasteiger partial charge in [-0.1, -0.05) is 13.8 Å². The molecule has 1 aliphatic rings. The molecule has 3 nitrogen and oxygen atoms in total. The molecule has 1 N–H and O–H groups in total. The third kappa shape index (κ3) is 2.71.